The van der Waals surface area contributed by atoms with Crippen molar-refractivity contribution in [2.45, 2.75) is 12.2 Å². The van der Waals surface area contributed by atoms with Gasteiger partial charge in [-0.2, -0.15) is 13.2 Å². The highest BCUT2D eigenvalue weighted by Crippen LogP contribution is 2.44. The van der Waals surface area contributed by atoms with Gasteiger partial charge >= 0.3 is 6.18 Å². The van der Waals surface area contributed by atoms with Crippen LogP contribution >= 0.6 is 0 Å². The molecule has 1 fully saturated rings. The van der Waals surface area contributed by atoms with Crippen molar-refractivity contribution >= 4 is 23.1 Å². The number of rotatable bonds is 3. The first-order valence-corrected chi connectivity index (χ1v) is 9.58. The third-order valence-corrected chi connectivity index (χ3v) is 5.21. The number of alkyl halides is 3. The van der Waals surface area contributed by atoms with Gasteiger partial charge in [0.15, 0.2) is 0 Å². The molecule has 1 amide bonds. The number of carbonyl (C=O) groups excluding carboxylic acids is 2. The predicted molar refractivity (Wildman–Crippen MR) is 109 cm³/mol. The van der Waals surface area contributed by atoms with Crippen LogP contribution in [0.5, 0.6) is 0 Å². The number of hydrogen-bond donors (Lipinski definition) is 1. The van der Waals surface area contributed by atoms with Crippen LogP contribution in [0.2, 0.25) is 0 Å². The summed E-state index contributed by atoms with van der Waals surface area (Å²) in [4.78, 5) is 26.6. The van der Waals surface area contributed by atoms with Crippen molar-refractivity contribution in [1.29, 1.82) is 0 Å². The van der Waals surface area contributed by atoms with Crippen LogP contribution in [0.1, 0.15) is 22.7 Å². The predicted octanol–water partition coefficient (Wildman–Crippen LogP) is 5.61. The summed E-state index contributed by atoms with van der Waals surface area (Å²) in [6.45, 7) is 0. The van der Waals surface area contributed by atoms with E-state index >= 15 is 0 Å². The largest absolute Gasteiger partial charge is 0.507 e. The summed E-state index contributed by atoms with van der Waals surface area (Å²) in [6, 6.07) is 11.5. The van der Waals surface area contributed by atoms with Crippen molar-refractivity contribution in [1.82, 2.24) is 0 Å². The Labute approximate surface area is 184 Å². The molecule has 1 saturated heterocycles. The zero-order valence-electron chi connectivity index (χ0n) is 16.6. The van der Waals surface area contributed by atoms with Crippen molar-refractivity contribution in [3.8, 4) is 0 Å². The van der Waals surface area contributed by atoms with Gasteiger partial charge in [-0.25, -0.2) is 8.78 Å². The van der Waals surface area contributed by atoms with Gasteiger partial charge in [-0.3, -0.25) is 14.5 Å². The van der Waals surface area contributed by atoms with Gasteiger partial charge < -0.3 is 5.11 Å². The molecule has 9 heteroatoms. The molecule has 1 N–H and O–H groups in total. The minimum absolute atomic E-state index is 0.0280. The molecule has 33 heavy (non-hydrogen) atoms. The summed E-state index contributed by atoms with van der Waals surface area (Å²) >= 11 is 0. The van der Waals surface area contributed by atoms with E-state index in [9.17, 15) is 36.6 Å². The Morgan fingerprint density at radius 3 is 2.18 bits per heavy atom. The summed E-state index contributed by atoms with van der Waals surface area (Å²) in [7, 11) is 0. The van der Waals surface area contributed by atoms with Gasteiger partial charge in [0.25, 0.3) is 11.7 Å². The Bertz CT molecular complexity index is 1280. The number of halogens is 5. The van der Waals surface area contributed by atoms with Gasteiger partial charge in [0.2, 0.25) is 0 Å². The molecule has 0 unspecified atom stereocenters. The molecule has 1 heterocycles. The zero-order valence-corrected chi connectivity index (χ0v) is 16.6. The van der Waals surface area contributed by atoms with Gasteiger partial charge in [0.1, 0.15) is 17.4 Å². The molecule has 168 valence electrons. The average molecular weight is 459 g/mol. The quantitative estimate of drug-likeness (QED) is 0.240. The number of ketones is 1. The molecule has 0 bridgehead atoms. The van der Waals surface area contributed by atoms with Gasteiger partial charge in [-0.15, -0.1) is 0 Å². The molecule has 0 spiro atoms. The van der Waals surface area contributed by atoms with Crippen LogP contribution in [0.15, 0.2) is 78.4 Å². The second kappa shape index (κ2) is 8.16. The van der Waals surface area contributed by atoms with Crippen molar-refractivity contribution in [2.75, 3.05) is 4.90 Å². The molecule has 3 aromatic carbocycles. The Kier molecular flexibility index (Phi) is 5.49. The van der Waals surface area contributed by atoms with Gasteiger partial charge in [-0.1, -0.05) is 24.3 Å². The summed E-state index contributed by atoms with van der Waals surface area (Å²) in [6.07, 6.45) is -4.73. The lowest BCUT2D eigenvalue weighted by Gasteiger charge is -2.26. The van der Waals surface area contributed by atoms with Crippen molar-refractivity contribution in [3.63, 3.8) is 0 Å². The first kappa shape index (κ1) is 22.2. The molecular weight excluding hydrogens is 445 g/mol. The molecule has 0 radical (unpaired) electrons. The molecule has 4 rings (SSSR count). The number of aliphatic hydroxyl groups excluding tert-OH is 1. The van der Waals surface area contributed by atoms with E-state index < -0.39 is 52.4 Å². The van der Waals surface area contributed by atoms with E-state index in [0.29, 0.717) is 11.0 Å². The monoisotopic (exact) mass is 459 g/mol. The number of aliphatic hydroxyl groups is 1. The molecule has 3 aromatic rings. The molecule has 0 aromatic heterocycles. The second-order valence-electron chi connectivity index (χ2n) is 7.25. The van der Waals surface area contributed by atoms with Crippen LogP contribution in [-0.4, -0.2) is 16.8 Å². The highest BCUT2D eigenvalue weighted by atomic mass is 19.4. The fourth-order valence-corrected chi connectivity index (χ4v) is 3.69. The molecule has 1 aliphatic heterocycles. The number of Topliss-reactive ketones (excluding diaryl/α,β-unsaturated/α-hetero) is 1. The highest BCUT2D eigenvalue weighted by molar-refractivity contribution is 6.51. The number of benzene rings is 3. The lowest BCUT2D eigenvalue weighted by molar-refractivity contribution is -0.137. The number of amides is 1. The van der Waals surface area contributed by atoms with Crippen LogP contribution in [0.3, 0.4) is 0 Å². The smallest absolute Gasteiger partial charge is 0.416 e. The molecule has 0 saturated carbocycles. The maximum absolute atomic E-state index is 14.8. The van der Waals surface area contributed by atoms with Crippen LogP contribution in [0.4, 0.5) is 27.6 Å². The van der Waals surface area contributed by atoms with E-state index in [-0.39, 0.29) is 16.8 Å². The van der Waals surface area contributed by atoms with Crippen molar-refractivity contribution < 1.29 is 36.6 Å². The summed E-state index contributed by atoms with van der Waals surface area (Å²) in [5.41, 5.74) is -2.15. The molecule has 1 atom stereocenters. The first-order valence-electron chi connectivity index (χ1n) is 9.58. The minimum atomic E-state index is -4.73. The SMILES string of the molecule is O=C1C(=O)N(c2cccc(C(F)(F)F)c2)[C@@H](c2ccccc2F)/C1=C(\O)c1ccc(F)cc1. The summed E-state index contributed by atoms with van der Waals surface area (Å²) < 4.78 is 67.9. The topological polar surface area (TPSA) is 57.6 Å². The van der Waals surface area contributed by atoms with E-state index in [2.05, 4.69) is 0 Å². The van der Waals surface area contributed by atoms with Crippen LogP contribution in [-0.2, 0) is 15.8 Å². The number of carbonyl (C=O) groups is 2. The lowest BCUT2D eigenvalue weighted by Crippen LogP contribution is -2.30. The highest BCUT2D eigenvalue weighted by Gasteiger charge is 2.48. The fourth-order valence-electron chi connectivity index (χ4n) is 3.69. The average Bonchev–Trinajstić information content (AvgIpc) is 3.04. The van der Waals surface area contributed by atoms with Gasteiger partial charge in [0.05, 0.1) is 17.2 Å². The standard InChI is InChI=1S/C24H14F5NO3/c25-15-10-8-13(9-11-15)21(31)19-20(17-6-1-2-7-18(17)26)30(23(33)22(19)32)16-5-3-4-14(12-16)24(27,28)29/h1-12,20,31H/b21-19+/t20-/m0/s1. The summed E-state index contributed by atoms with van der Waals surface area (Å²) in [5, 5.41) is 10.8. The first-order chi connectivity index (χ1) is 15.6. The molecule has 1 aliphatic rings. The van der Waals surface area contributed by atoms with E-state index in [1.807, 2.05) is 0 Å². The lowest BCUT2D eigenvalue weighted by atomic mass is 9.94. The number of anilines is 1. The maximum Gasteiger partial charge on any atom is 0.416 e. The third-order valence-electron chi connectivity index (χ3n) is 5.21. The van der Waals surface area contributed by atoms with Crippen LogP contribution in [0, 0.1) is 11.6 Å². The maximum atomic E-state index is 14.8. The number of hydrogen-bond acceptors (Lipinski definition) is 3. The van der Waals surface area contributed by atoms with Gasteiger partial charge in [-0.05, 0) is 48.5 Å². The van der Waals surface area contributed by atoms with Crippen molar-refractivity contribution in [2.24, 2.45) is 0 Å². The Morgan fingerprint density at radius 1 is 0.879 bits per heavy atom. The van der Waals surface area contributed by atoms with Crippen LogP contribution in [0.25, 0.3) is 5.76 Å². The van der Waals surface area contributed by atoms with E-state index in [1.165, 1.54) is 24.3 Å². The fraction of sp³-hybridized carbons (Fsp3) is 0.0833. The van der Waals surface area contributed by atoms with E-state index in [4.69, 9.17) is 0 Å². The zero-order chi connectivity index (χ0) is 23.9. The molecular formula is C24H14F5NO3. The Morgan fingerprint density at radius 2 is 1.55 bits per heavy atom. The molecule has 0 aliphatic carbocycles. The number of nitrogens with zero attached hydrogens (tertiary/aromatic N) is 1. The van der Waals surface area contributed by atoms with E-state index in [1.54, 1.807) is 0 Å². The van der Waals surface area contributed by atoms with Gasteiger partial charge in [0, 0.05) is 16.8 Å². The van der Waals surface area contributed by atoms with E-state index in [0.717, 1.165) is 42.5 Å². The summed E-state index contributed by atoms with van der Waals surface area (Å²) in [5.74, 6) is -4.64. The molecule has 4 nitrogen and oxygen atoms in total. The Hall–Kier alpha value is -4.01. The second-order valence-corrected chi connectivity index (χ2v) is 7.25. The van der Waals surface area contributed by atoms with Crippen LogP contribution < -0.4 is 4.90 Å². The Balaban J connectivity index is 1.97. The van der Waals surface area contributed by atoms with Crippen molar-refractivity contribution in [3.05, 3.63) is 107 Å². The minimum Gasteiger partial charge on any atom is -0.507 e. The third kappa shape index (κ3) is 3.97. The normalized spacial score (nSPS) is 18.1.